The van der Waals surface area contributed by atoms with Crippen molar-refractivity contribution in [2.45, 2.75) is 13.3 Å². The lowest BCUT2D eigenvalue weighted by Gasteiger charge is -2.10. The largest absolute Gasteiger partial charge is 0.487 e. The predicted molar refractivity (Wildman–Crippen MR) is 74.9 cm³/mol. The zero-order chi connectivity index (χ0) is 12.0. The summed E-state index contributed by atoms with van der Waals surface area (Å²) in [4.78, 5) is 0. The van der Waals surface area contributed by atoms with Crippen molar-refractivity contribution in [1.82, 2.24) is 0 Å². The number of rotatable bonds is 5. The van der Waals surface area contributed by atoms with Crippen LogP contribution in [0.2, 0.25) is 0 Å². The fourth-order valence-corrected chi connectivity index (χ4v) is 2.80. The van der Waals surface area contributed by atoms with Crippen LogP contribution in [0.5, 0.6) is 5.75 Å². The Balaban J connectivity index is 2.84. The number of hydrogen-bond acceptors (Lipinski definition) is 2. The maximum atomic E-state index is 5.63. The number of benzene rings is 1. The smallest absolute Gasteiger partial charge is 0.148 e. The molecule has 1 aromatic carbocycles. The first-order valence-electron chi connectivity index (χ1n) is 5.11. The van der Waals surface area contributed by atoms with Gasteiger partial charge in [0.15, 0.2) is 0 Å². The molecule has 0 bridgehead atoms. The van der Waals surface area contributed by atoms with Crippen molar-refractivity contribution in [1.29, 1.82) is 0 Å². The molecular weight excluding hydrogens is 334 g/mol. The number of halogens is 2. The summed E-state index contributed by atoms with van der Waals surface area (Å²) in [5.74, 6) is 0.832. The fraction of sp³-hybridized carbons (Fsp3) is 0.333. The predicted octanol–water partition coefficient (Wildman–Crippen LogP) is 3.67. The fourth-order valence-electron chi connectivity index (χ4n) is 1.29. The van der Waals surface area contributed by atoms with Gasteiger partial charge in [0.25, 0.3) is 0 Å². The van der Waals surface area contributed by atoms with Gasteiger partial charge in [0.1, 0.15) is 12.4 Å². The van der Waals surface area contributed by atoms with Gasteiger partial charge in [-0.2, -0.15) is 0 Å². The topological polar surface area (TPSA) is 35.2 Å². The third kappa shape index (κ3) is 3.92. The molecule has 2 nitrogen and oxygen atoms in total. The highest BCUT2D eigenvalue weighted by atomic mass is 79.9. The molecule has 0 aliphatic heterocycles. The monoisotopic (exact) mass is 347 g/mol. The van der Waals surface area contributed by atoms with Crippen LogP contribution in [0, 0.1) is 0 Å². The molecule has 4 heteroatoms. The summed E-state index contributed by atoms with van der Waals surface area (Å²) in [5, 5.41) is 0. The highest BCUT2D eigenvalue weighted by molar-refractivity contribution is 9.11. The second-order valence-corrected chi connectivity index (χ2v) is 5.02. The molecule has 0 atom stereocenters. The van der Waals surface area contributed by atoms with E-state index in [1.54, 1.807) is 0 Å². The van der Waals surface area contributed by atoms with Crippen LogP contribution < -0.4 is 10.5 Å². The minimum Gasteiger partial charge on any atom is -0.487 e. The molecule has 0 saturated carbocycles. The van der Waals surface area contributed by atoms with Crippen molar-refractivity contribution >= 4 is 31.9 Å². The first-order valence-corrected chi connectivity index (χ1v) is 6.69. The molecule has 0 heterocycles. The first kappa shape index (κ1) is 13.7. The Morgan fingerprint density at radius 1 is 1.31 bits per heavy atom. The molecule has 1 rings (SSSR count). The van der Waals surface area contributed by atoms with Crippen LogP contribution in [-0.2, 0) is 6.42 Å². The van der Waals surface area contributed by atoms with E-state index in [1.165, 1.54) is 5.56 Å². The summed E-state index contributed by atoms with van der Waals surface area (Å²) in [7, 11) is 0. The summed E-state index contributed by atoms with van der Waals surface area (Å²) in [6.45, 7) is 3.19. The highest BCUT2D eigenvalue weighted by Crippen LogP contribution is 2.34. The van der Waals surface area contributed by atoms with Gasteiger partial charge in [-0.15, -0.1) is 0 Å². The molecule has 2 N–H and O–H groups in total. The summed E-state index contributed by atoms with van der Waals surface area (Å²) in [6.07, 6.45) is 4.80. The molecule has 0 saturated heterocycles. The molecule has 0 aliphatic rings. The SMILES string of the molecule is C/C=C/COc1c(Br)cc(CCN)cc1Br. The van der Waals surface area contributed by atoms with Crippen molar-refractivity contribution in [2.24, 2.45) is 5.73 Å². The Hall–Kier alpha value is -0.320. The van der Waals surface area contributed by atoms with E-state index in [4.69, 9.17) is 10.5 Å². The van der Waals surface area contributed by atoms with Gasteiger partial charge >= 0.3 is 0 Å². The van der Waals surface area contributed by atoms with Crippen molar-refractivity contribution < 1.29 is 4.74 Å². The van der Waals surface area contributed by atoms with Gasteiger partial charge in [-0.1, -0.05) is 12.2 Å². The minimum absolute atomic E-state index is 0.573. The minimum atomic E-state index is 0.573. The number of allylic oxidation sites excluding steroid dienone is 1. The molecule has 1 aromatic rings. The first-order chi connectivity index (χ1) is 7.69. The average Bonchev–Trinajstić information content (AvgIpc) is 2.23. The Morgan fingerprint density at radius 2 is 1.94 bits per heavy atom. The Kier molecular flexibility index (Phi) is 6.09. The molecule has 0 radical (unpaired) electrons. The van der Waals surface area contributed by atoms with Crippen LogP contribution in [-0.4, -0.2) is 13.2 Å². The lowest BCUT2D eigenvalue weighted by molar-refractivity contribution is 0.358. The van der Waals surface area contributed by atoms with Crippen molar-refractivity contribution in [3.63, 3.8) is 0 Å². The number of nitrogens with two attached hydrogens (primary N) is 1. The van der Waals surface area contributed by atoms with Crippen LogP contribution in [0.25, 0.3) is 0 Å². The van der Waals surface area contributed by atoms with Crippen LogP contribution >= 0.6 is 31.9 Å². The van der Waals surface area contributed by atoms with E-state index in [-0.39, 0.29) is 0 Å². The van der Waals surface area contributed by atoms with Gasteiger partial charge in [0.2, 0.25) is 0 Å². The van der Waals surface area contributed by atoms with Gasteiger partial charge in [-0.05, 0) is 69.4 Å². The van der Waals surface area contributed by atoms with Gasteiger partial charge in [-0.25, -0.2) is 0 Å². The quantitative estimate of drug-likeness (QED) is 0.824. The van der Waals surface area contributed by atoms with Gasteiger partial charge in [0, 0.05) is 0 Å². The molecule has 0 unspecified atom stereocenters. The van der Waals surface area contributed by atoms with Gasteiger partial charge in [-0.3, -0.25) is 0 Å². The van der Waals surface area contributed by atoms with E-state index in [0.717, 1.165) is 21.1 Å². The maximum Gasteiger partial charge on any atom is 0.148 e. The molecule has 0 aromatic heterocycles. The standard InChI is InChI=1S/C12H15Br2NO/c1-2-3-6-16-12-10(13)7-9(4-5-15)8-11(12)14/h2-3,7-8H,4-6,15H2,1H3/b3-2+. The van der Waals surface area contributed by atoms with Crippen molar-refractivity contribution in [3.05, 3.63) is 38.8 Å². The van der Waals surface area contributed by atoms with E-state index < -0.39 is 0 Å². The highest BCUT2D eigenvalue weighted by Gasteiger charge is 2.08. The summed E-state index contributed by atoms with van der Waals surface area (Å²) in [6, 6.07) is 4.09. The van der Waals surface area contributed by atoms with E-state index >= 15 is 0 Å². The van der Waals surface area contributed by atoms with E-state index in [1.807, 2.05) is 31.2 Å². The second-order valence-electron chi connectivity index (χ2n) is 3.31. The van der Waals surface area contributed by atoms with Crippen LogP contribution in [0.3, 0.4) is 0 Å². The Labute approximate surface area is 113 Å². The van der Waals surface area contributed by atoms with Gasteiger partial charge < -0.3 is 10.5 Å². The third-order valence-electron chi connectivity index (χ3n) is 2.05. The van der Waals surface area contributed by atoms with Crippen LogP contribution in [0.4, 0.5) is 0 Å². The van der Waals surface area contributed by atoms with Crippen molar-refractivity contribution in [2.75, 3.05) is 13.2 Å². The number of ether oxygens (including phenoxy) is 1. The lowest BCUT2D eigenvalue weighted by Crippen LogP contribution is -2.03. The summed E-state index contributed by atoms with van der Waals surface area (Å²) in [5.41, 5.74) is 6.72. The zero-order valence-corrected chi connectivity index (χ0v) is 12.3. The molecule has 16 heavy (non-hydrogen) atoms. The molecular formula is C12H15Br2NO. The lowest BCUT2D eigenvalue weighted by atomic mass is 10.1. The summed E-state index contributed by atoms with van der Waals surface area (Å²) >= 11 is 7.00. The molecule has 88 valence electrons. The molecule has 0 amide bonds. The zero-order valence-electron chi connectivity index (χ0n) is 9.17. The van der Waals surface area contributed by atoms with E-state index in [2.05, 4.69) is 31.9 Å². The summed E-state index contributed by atoms with van der Waals surface area (Å²) < 4.78 is 7.54. The normalized spacial score (nSPS) is 11.0. The third-order valence-corrected chi connectivity index (χ3v) is 3.23. The van der Waals surface area contributed by atoms with E-state index in [0.29, 0.717) is 13.2 Å². The van der Waals surface area contributed by atoms with Crippen LogP contribution in [0.1, 0.15) is 12.5 Å². The number of hydrogen-bond donors (Lipinski definition) is 1. The van der Waals surface area contributed by atoms with Gasteiger partial charge in [0.05, 0.1) is 8.95 Å². The Morgan fingerprint density at radius 3 is 2.44 bits per heavy atom. The van der Waals surface area contributed by atoms with Crippen molar-refractivity contribution in [3.8, 4) is 5.75 Å². The molecule has 0 fully saturated rings. The molecule has 0 spiro atoms. The molecule has 0 aliphatic carbocycles. The van der Waals surface area contributed by atoms with E-state index in [9.17, 15) is 0 Å². The average molecular weight is 349 g/mol. The Bertz CT molecular complexity index is 354. The van der Waals surface area contributed by atoms with Crippen LogP contribution in [0.15, 0.2) is 33.2 Å². The second kappa shape index (κ2) is 7.09. The maximum absolute atomic E-state index is 5.63.